The molecule has 0 bridgehead atoms. The number of allylic oxidation sites excluding steroid dienone is 1. The van der Waals surface area contributed by atoms with Crippen LogP contribution in [0.5, 0.6) is 0 Å². The third-order valence-corrected chi connectivity index (χ3v) is 4.94. The van der Waals surface area contributed by atoms with Crippen molar-refractivity contribution in [2.75, 3.05) is 13.7 Å². The van der Waals surface area contributed by atoms with Crippen LogP contribution in [0.1, 0.15) is 26.2 Å². The molecule has 14 heteroatoms. The van der Waals surface area contributed by atoms with Crippen LogP contribution in [0.4, 0.5) is 26.7 Å². The summed E-state index contributed by atoms with van der Waals surface area (Å²) in [6.07, 6.45) is -10.8. The van der Waals surface area contributed by atoms with Gasteiger partial charge in [-0.25, -0.2) is 18.4 Å². The largest absolute Gasteiger partial charge is 0.468 e. The molecule has 32 heavy (non-hydrogen) atoms. The maximum atomic E-state index is 14.0. The van der Waals surface area contributed by atoms with Gasteiger partial charge in [-0.05, 0) is 26.2 Å². The first kappa shape index (κ1) is 25.2. The quantitative estimate of drug-likeness (QED) is 0.359. The van der Waals surface area contributed by atoms with E-state index in [2.05, 4.69) is 14.5 Å². The number of Topliss-reactive ketones (excluding diaryl/α,β-unsaturated/α-hetero) is 1. The molecule has 0 radical (unpaired) electrons. The Morgan fingerprint density at radius 2 is 1.81 bits per heavy atom. The van der Waals surface area contributed by atoms with Crippen molar-refractivity contribution in [1.29, 1.82) is 0 Å². The van der Waals surface area contributed by atoms with Crippen molar-refractivity contribution in [2.45, 2.75) is 50.9 Å². The second kappa shape index (κ2) is 9.61. The maximum Gasteiger partial charge on any atom is 0.432 e. The Balaban J connectivity index is 2.97. The summed E-state index contributed by atoms with van der Waals surface area (Å²) in [7, 11) is 0.743. The number of ether oxygens (including phenoxy) is 2. The Labute approximate surface area is 177 Å². The number of amides is 1. The lowest BCUT2D eigenvalue weighted by Crippen LogP contribution is -2.60. The lowest BCUT2D eigenvalue weighted by Gasteiger charge is -2.41. The Morgan fingerprint density at radius 3 is 2.19 bits per heavy atom. The molecule has 0 saturated heterocycles. The summed E-state index contributed by atoms with van der Waals surface area (Å²) in [5.74, 6) is -7.70. The molecule has 0 aromatic heterocycles. The lowest BCUT2D eigenvalue weighted by molar-refractivity contribution is -0.154. The number of hydrogen-bond acceptors (Lipinski definition) is 7. The summed E-state index contributed by atoms with van der Waals surface area (Å²) in [6, 6.07) is -3.62. The van der Waals surface area contributed by atoms with Gasteiger partial charge in [-0.1, -0.05) is 0 Å². The van der Waals surface area contributed by atoms with Gasteiger partial charge in [0.05, 0.1) is 31.0 Å². The molecule has 2 unspecified atom stereocenters. The van der Waals surface area contributed by atoms with Gasteiger partial charge in [0, 0.05) is 0 Å². The number of rotatable bonds is 6. The summed E-state index contributed by atoms with van der Waals surface area (Å²) in [5.41, 5.74) is -5.04. The van der Waals surface area contributed by atoms with E-state index in [0.717, 1.165) is 7.11 Å². The Hall–Kier alpha value is -3.06. The van der Waals surface area contributed by atoms with Crippen LogP contribution in [0.15, 0.2) is 16.3 Å². The van der Waals surface area contributed by atoms with E-state index < -0.39 is 82.9 Å². The van der Waals surface area contributed by atoms with E-state index >= 15 is 0 Å². The number of aliphatic imine (C=N–C) groups is 1. The molecule has 1 fully saturated rings. The Kier molecular flexibility index (Phi) is 7.57. The van der Waals surface area contributed by atoms with Gasteiger partial charge in [0.2, 0.25) is 0 Å². The molecule has 1 aliphatic carbocycles. The molecular formula is C18H19F5N2O7. The predicted molar refractivity (Wildman–Crippen MR) is 95.0 cm³/mol. The van der Waals surface area contributed by atoms with Crippen LogP contribution in [0.2, 0.25) is 0 Å². The van der Waals surface area contributed by atoms with Gasteiger partial charge in [0.15, 0.2) is 0 Å². The van der Waals surface area contributed by atoms with E-state index in [9.17, 15) is 46.2 Å². The molecule has 1 aliphatic heterocycles. The Morgan fingerprint density at radius 1 is 1.22 bits per heavy atom. The highest BCUT2D eigenvalue weighted by Crippen LogP contribution is 2.42. The van der Waals surface area contributed by atoms with Gasteiger partial charge >= 0.3 is 24.2 Å². The highest BCUT2D eigenvalue weighted by molar-refractivity contribution is 6.49. The van der Waals surface area contributed by atoms with Gasteiger partial charge < -0.3 is 14.6 Å². The van der Waals surface area contributed by atoms with Crippen molar-refractivity contribution in [3.05, 3.63) is 11.3 Å². The van der Waals surface area contributed by atoms with E-state index in [1.165, 1.54) is 6.92 Å². The zero-order chi connectivity index (χ0) is 24.4. The van der Waals surface area contributed by atoms with Crippen molar-refractivity contribution >= 4 is 29.5 Å². The standard InChI is InChI=1S/C18H19F5N2O7/c1-3-32-16(28)12(26)9-10(24-7-5-4-6-7)8(15(27)31-2)11(14(19)20)25(17(29)30)13(9)18(21,22)23/h7-8,11,14H,3-6H2,1-2H3,(H,29,30). The monoisotopic (exact) mass is 470 g/mol. The summed E-state index contributed by atoms with van der Waals surface area (Å²) < 4.78 is 78.6. The molecular weight excluding hydrogens is 451 g/mol. The molecule has 2 aliphatic rings. The third-order valence-electron chi connectivity index (χ3n) is 4.94. The molecule has 0 spiro atoms. The molecule has 0 aromatic rings. The van der Waals surface area contributed by atoms with Crippen molar-refractivity contribution in [2.24, 2.45) is 10.9 Å². The zero-order valence-electron chi connectivity index (χ0n) is 16.8. The van der Waals surface area contributed by atoms with Gasteiger partial charge in [-0.3, -0.25) is 19.5 Å². The summed E-state index contributed by atoms with van der Waals surface area (Å²) in [5, 5.41) is 9.37. The number of carbonyl (C=O) groups excluding carboxylic acids is 3. The van der Waals surface area contributed by atoms with Crippen molar-refractivity contribution < 1.29 is 55.7 Å². The predicted octanol–water partition coefficient (Wildman–Crippen LogP) is 2.35. The first-order chi connectivity index (χ1) is 14.9. The number of esters is 2. The van der Waals surface area contributed by atoms with Gasteiger partial charge in [-0.2, -0.15) is 13.2 Å². The molecule has 0 aromatic carbocycles. The van der Waals surface area contributed by atoms with E-state index in [0.29, 0.717) is 19.3 Å². The maximum absolute atomic E-state index is 14.0. The number of carboxylic acid groups (broad SMARTS) is 1. The van der Waals surface area contributed by atoms with Crippen molar-refractivity contribution in [3.63, 3.8) is 0 Å². The van der Waals surface area contributed by atoms with Crippen molar-refractivity contribution in [3.8, 4) is 0 Å². The van der Waals surface area contributed by atoms with Crippen LogP contribution >= 0.6 is 0 Å². The normalized spacial score (nSPS) is 23.2. The number of nitrogens with zero attached hydrogens (tertiary/aromatic N) is 2. The summed E-state index contributed by atoms with van der Waals surface area (Å²) >= 11 is 0. The number of methoxy groups -OCH3 is 1. The number of alkyl halides is 5. The van der Waals surface area contributed by atoms with Crippen LogP contribution < -0.4 is 0 Å². The topological polar surface area (TPSA) is 123 Å². The van der Waals surface area contributed by atoms with E-state index in [4.69, 9.17) is 0 Å². The highest BCUT2D eigenvalue weighted by atomic mass is 19.4. The van der Waals surface area contributed by atoms with Crippen molar-refractivity contribution in [1.82, 2.24) is 4.90 Å². The molecule has 2 rings (SSSR count). The minimum absolute atomic E-state index is 0.321. The minimum Gasteiger partial charge on any atom is -0.468 e. The number of carbonyl (C=O) groups is 4. The molecule has 1 heterocycles. The molecule has 9 nitrogen and oxygen atoms in total. The minimum atomic E-state index is -5.69. The van der Waals surface area contributed by atoms with Crippen LogP contribution in [0.25, 0.3) is 0 Å². The second-order valence-electron chi connectivity index (χ2n) is 6.85. The van der Waals surface area contributed by atoms with Gasteiger partial charge in [-0.15, -0.1) is 0 Å². The van der Waals surface area contributed by atoms with E-state index in [1.54, 1.807) is 0 Å². The summed E-state index contributed by atoms with van der Waals surface area (Å²) in [6.45, 7) is 0.832. The average molecular weight is 470 g/mol. The molecule has 1 saturated carbocycles. The molecule has 178 valence electrons. The fourth-order valence-electron chi connectivity index (χ4n) is 3.37. The number of hydrogen-bond donors (Lipinski definition) is 1. The third kappa shape index (κ3) is 4.72. The number of ketones is 1. The summed E-state index contributed by atoms with van der Waals surface area (Å²) in [4.78, 5) is 51.8. The van der Waals surface area contributed by atoms with E-state index in [1.807, 2.05) is 0 Å². The van der Waals surface area contributed by atoms with Crippen LogP contribution in [-0.2, 0) is 23.9 Å². The van der Waals surface area contributed by atoms with Gasteiger partial charge in [0.1, 0.15) is 17.7 Å². The fraction of sp³-hybridized carbons (Fsp3) is 0.611. The van der Waals surface area contributed by atoms with E-state index in [-0.39, 0.29) is 0 Å². The SMILES string of the molecule is CCOC(=O)C(=O)C1=C(C(F)(F)F)N(C(=O)O)C(C(F)F)C(C(=O)OC)C1=NC1CCC1. The highest BCUT2D eigenvalue weighted by Gasteiger charge is 2.59. The van der Waals surface area contributed by atoms with Gasteiger partial charge in [0.25, 0.3) is 12.2 Å². The smallest absolute Gasteiger partial charge is 0.432 e. The molecule has 2 atom stereocenters. The molecule has 1 N–H and O–H groups in total. The lowest BCUT2D eigenvalue weighted by atomic mass is 9.80. The fourth-order valence-corrected chi connectivity index (χ4v) is 3.37. The van der Waals surface area contributed by atoms with Crippen LogP contribution in [0, 0.1) is 5.92 Å². The van der Waals surface area contributed by atoms with Crippen LogP contribution in [0.3, 0.4) is 0 Å². The average Bonchev–Trinajstić information content (AvgIpc) is 2.66. The molecule has 1 amide bonds. The Bertz CT molecular complexity index is 864. The van der Waals surface area contributed by atoms with Crippen LogP contribution in [-0.4, -0.2) is 77.9 Å². The number of halogens is 5. The second-order valence-corrected chi connectivity index (χ2v) is 6.85. The first-order valence-electron chi connectivity index (χ1n) is 9.35. The zero-order valence-corrected chi connectivity index (χ0v) is 16.8. The first-order valence-corrected chi connectivity index (χ1v) is 9.35.